The summed E-state index contributed by atoms with van der Waals surface area (Å²) in [5.74, 6) is 0.437. The van der Waals surface area contributed by atoms with Crippen LogP contribution in [-0.4, -0.2) is 24.7 Å². The first-order valence-corrected chi connectivity index (χ1v) is 7.00. The lowest BCUT2D eigenvalue weighted by Gasteiger charge is -2.06. The number of nitrogens with zero attached hydrogens (tertiary/aromatic N) is 1. The van der Waals surface area contributed by atoms with Gasteiger partial charge in [0.05, 0.1) is 10.2 Å². The van der Waals surface area contributed by atoms with Crippen molar-refractivity contribution in [2.75, 3.05) is 25.1 Å². The van der Waals surface area contributed by atoms with Crippen LogP contribution in [0.15, 0.2) is 18.2 Å². The van der Waals surface area contributed by atoms with Crippen molar-refractivity contribution in [3.63, 3.8) is 0 Å². The van der Waals surface area contributed by atoms with Crippen molar-refractivity contribution in [3.05, 3.63) is 24.0 Å². The average molecular weight is 266 g/mol. The predicted octanol–water partition coefficient (Wildman–Crippen LogP) is 3.27. The maximum atomic E-state index is 13.0. The molecule has 1 unspecified atom stereocenters. The van der Waals surface area contributed by atoms with Gasteiger partial charge in [0.1, 0.15) is 5.82 Å². The molecule has 1 N–H and O–H groups in total. The molecule has 5 heteroatoms. The number of nitrogens with one attached hydrogen (secondary N) is 1. The van der Waals surface area contributed by atoms with Crippen molar-refractivity contribution in [2.24, 2.45) is 5.92 Å². The number of hydrogen-bond acceptors (Lipinski definition) is 4. The van der Waals surface area contributed by atoms with Crippen LogP contribution in [-0.2, 0) is 4.74 Å². The van der Waals surface area contributed by atoms with Crippen LogP contribution in [0.4, 0.5) is 9.52 Å². The zero-order valence-electron chi connectivity index (χ0n) is 9.99. The zero-order chi connectivity index (χ0) is 12.4. The number of fused-ring (bicyclic) bond motifs is 1. The molecule has 0 radical (unpaired) electrons. The van der Waals surface area contributed by atoms with Gasteiger partial charge in [0.25, 0.3) is 0 Å². The Labute approximate surface area is 109 Å². The molecule has 1 aliphatic rings. The number of thiazole rings is 1. The van der Waals surface area contributed by atoms with E-state index in [1.54, 1.807) is 17.4 Å². The molecule has 2 heterocycles. The summed E-state index contributed by atoms with van der Waals surface area (Å²) in [5, 5.41) is 4.18. The van der Waals surface area contributed by atoms with E-state index in [0.29, 0.717) is 5.92 Å². The third kappa shape index (κ3) is 2.62. The van der Waals surface area contributed by atoms with Crippen molar-refractivity contribution < 1.29 is 9.13 Å². The summed E-state index contributed by atoms with van der Waals surface area (Å²) in [6, 6.07) is 4.72. The minimum Gasteiger partial charge on any atom is -0.381 e. The number of aromatic nitrogens is 1. The van der Waals surface area contributed by atoms with Gasteiger partial charge < -0.3 is 10.1 Å². The number of hydrogen-bond donors (Lipinski definition) is 1. The summed E-state index contributed by atoms with van der Waals surface area (Å²) in [7, 11) is 0. The largest absolute Gasteiger partial charge is 0.381 e. The van der Waals surface area contributed by atoms with Gasteiger partial charge in [0, 0.05) is 25.8 Å². The third-order valence-electron chi connectivity index (χ3n) is 3.20. The van der Waals surface area contributed by atoms with Crippen molar-refractivity contribution in [1.29, 1.82) is 0 Å². The molecule has 0 spiro atoms. The smallest absolute Gasteiger partial charge is 0.183 e. The molecular formula is C13H15FN2OS. The lowest BCUT2D eigenvalue weighted by Crippen LogP contribution is -2.08. The molecule has 0 bridgehead atoms. The Hall–Kier alpha value is -1.20. The molecule has 1 aromatic heterocycles. The summed E-state index contributed by atoms with van der Waals surface area (Å²) in [6.45, 7) is 2.67. The van der Waals surface area contributed by atoms with E-state index >= 15 is 0 Å². The van der Waals surface area contributed by atoms with E-state index in [1.807, 2.05) is 0 Å². The van der Waals surface area contributed by atoms with Gasteiger partial charge >= 0.3 is 0 Å². The van der Waals surface area contributed by atoms with E-state index in [0.717, 1.165) is 47.9 Å². The number of benzene rings is 1. The highest BCUT2D eigenvalue weighted by Crippen LogP contribution is 2.26. The van der Waals surface area contributed by atoms with Crippen LogP contribution < -0.4 is 5.32 Å². The molecule has 0 amide bonds. The molecule has 1 atom stereocenters. The second-order valence-corrected chi connectivity index (χ2v) is 5.61. The Morgan fingerprint density at radius 2 is 2.44 bits per heavy atom. The molecule has 1 aliphatic heterocycles. The summed E-state index contributed by atoms with van der Waals surface area (Å²) in [5.41, 5.74) is 0.728. The lowest BCUT2D eigenvalue weighted by molar-refractivity contribution is 0.185. The van der Waals surface area contributed by atoms with Gasteiger partial charge in [-0.3, -0.25) is 0 Å². The molecule has 1 aromatic carbocycles. The van der Waals surface area contributed by atoms with Crippen LogP contribution in [0.5, 0.6) is 0 Å². The second kappa shape index (κ2) is 5.20. The minimum absolute atomic E-state index is 0.234. The molecule has 96 valence electrons. The summed E-state index contributed by atoms with van der Waals surface area (Å²) >= 11 is 1.57. The maximum Gasteiger partial charge on any atom is 0.183 e. The molecular weight excluding hydrogens is 251 g/mol. The van der Waals surface area contributed by atoms with E-state index in [-0.39, 0.29) is 5.82 Å². The summed E-state index contributed by atoms with van der Waals surface area (Å²) in [6.07, 6.45) is 2.26. The first-order chi connectivity index (χ1) is 8.81. The SMILES string of the molecule is Fc1ccc2sc(NCCC3CCOC3)nc2c1. The molecule has 1 fully saturated rings. The van der Waals surface area contributed by atoms with Gasteiger partial charge in [0.2, 0.25) is 0 Å². The Balaban J connectivity index is 1.60. The molecule has 3 rings (SSSR count). The Kier molecular flexibility index (Phi) is 3.43. The van der Waals surface area contributed by atoms with Gasteiger partial charge in [-0.15, -0.1) is 0 Å². The van der Waals surface area contributed by atoms with E-state index in [9.17, 15) is 4.39 Å². The fourth-order valence-electron chi connectivity index (χ4n) is 2.17. The molecule has 2 aromatic rings. The number of ether oxygens (including phenoxy) is 1. The summed E-state index contributed by atoms with van der Waals surface area (Å²) in [4.78, 5) is 4.37. The standard InChI is InChI=1S/C13H15FN2OS/c14-10-1-2-12-11(7-10)16-13(18-12)15-5-3-9-4-6-17-8-9/h1-2,7,9H,3-6,8H2,(H,15,16). The third-order valence-corrected chi connectivity index (χ3v) is 4.20. The highest BCUT2D eigenvalue weighted by molar-refractivity contribution is 7.22. The molecule has 0 aliphatic carbocycles. The zero-order valence-corrected chi connectivity index (χ0v) is 10.8. The van der Waals surface area contributed by atoms with Crippen molar-refractivity contribution >= 4 is 26.7 Å². The highest BCUT2D eigenvalue weighted by atomic mass is 32.1. The van der Waals surface area contributed by atoms with E-state index in [4.69, 9.17) is 4.74 Å². The maximum absolute atomic E-state index is 13.0. The fraction of sp³-hybridized carbons (Fsp3) is 0.462. The van der Waals surface area contributed by atoms with Crippen LogP contribution in [0.2, 0.25) is 0 Å². The Morgan fingerprint density at radius 3 is 3.28 bits per heavy atom. The minimum atomic E-state index is -0.234. The topological polar surface area (TPSA) is 34.1 Å². The van der Waals surface area contributed by atoms with Crippen LogP contribution in [0.3, 0.4) is 0 Å². The first-order valence-electron chi connectivity index (χ1n) is 6.19. The quantitative estimate of drug-likeness (QED) is 0.922. The van der Waals surface area contributed by atoms with Crippen molar-refractivity contribution in [1.82, 2.24) is 4.98 Å². The number of anilines is 1. The first kappa shape index (κ1) is 11.9. The Bertz CT molecular complexity index is 537. The normalized spacial score (nSPS) is 19.5. The molecule has 3 nitrogen and oxygen atoms in total. The van der Waals surface area contributed by atoms with Gasteiger partial charge in [-0.2, -0.15) is 0 Å². The van der Waals surface area contributed by atoms with Crippen molar-refractivity contribution in [2.45, 2.75) is 12.8 Å². The van der Waals surface area contributed by atoms with Crippen LogP contribution in [0.1, 0.15) is 12.8 Å². The van der Waals surface area contributed by atoms with Gasteiger partial charge in [-0.1, -0.05) is 11.3 Å². The highest BCUT2D eigenvalue weighted by Gasteiger charge is 2.15. The van der Waals surface area contributed by atoms with Crippen LogP contribution in [0, 0.1) is 11.7 Å². The van der Waals surface area contributed by atoms with Gasteiger partial charge in [-0.05, 0) is 30.9 Å². The second-order valence-electron chi connectivity index (χ2n) is 4.58. The number of halogens is 1. The van der Waals surface area contributed by atoms with Crippen molar-refractivity contribution in [3.8, 4) is 0 Å². The molecule has 0 saturated carbocycles. The average Bonchev–Trinajstić information content (AvgIpc) is 2.97. The van der Waals surface area contributed by atoms with E-state index < -0.39 is 0 Å². The van der Waals surface area contributed by atoms with Crippen LogP contribution in [0.25, 0.3) is 10.2 Å². The van der Waals surface area contributed by atoms with Gasteiger partial charge in [0.15, 0.2) is 5.13 Å². The Morgan fingerprint density at radius 1 is 1.50 bits per heavy atom. The van der Waals surface area contributed by atoms with Gasteiger partial charge in [-0.25, -0.2) is 9.37 Å². The predicted molar refractivity (Wildman–Crippen MR) is 71.6 cm³/mol. The van der Waals surface area contributed by atoms with E-state index in [2.05, 4.69) is 10.3 Å². The van der Waals surface area contributed by atoms with E-state index in [1.165, 1.54) is 12.1 Å². The molecule has 1 saturated heterocycles. The molecule has 18 heavy (non-hydrogen) atoms. The number of rotatable bonds is 4. The summed E-state index contributed by atoms with van der Waals surface area (Å²) < 4.78 is 19.4. The fourth-order valence-corrected chi connectivity index (χ4v) is 3.04. The lowest BCUT2D eigenvalue weighted by atomic mass is 10.1. The van der Waals surface area contributed by atoms with Crippen LogP contribution >= 0.6 is 11.3 Å². The monoisotopic (exact) mass is 266 g/mol.